The van der Waals surface area contributed by atoms with Gasteiger partial charge in [0.2, 0.25) is 0 Å². The fourth-order valence-corrected chi connectivity index (χ4v) is 3.64. The summed E-state index contributed by atoms with van der Waals surface area (Å²) in [6.07, 6.45) is 5.98. The third kappa shape index (κ3) is 2.13. The summed E-state index contributed by atoms with van der Waals surface area (Å²) < 4.78 is 0. The van der Waals surface area contributed by atoms with E-state index in [1.54, 1.807) is 0 Å². The van der Waals surface area contributed by atoms with Crippen LogP contribution in [0.1, 0.15) is 24.8 Å². The smallest absolute Gasteiger partial charge is 0.147 e. The molecule has 1 aliphatic carbocycles. The molecule has 0 aromatic carbocycles. The summed E-state index contributed by atoms with van der Waals surface area (Å²) in [6, 6.07) is 1.94. The van der Waals surface area contributed by atoms with Crippen LogP contribution in [-0.2, 0) is 5.88 Å². The molecule has 4 heteroatoms. The van der Waals surface area contributed by atoms with Crippen molar-refractivity contribution in [1.29, 1.82) is 0 Å². The van der Waals surface area contributed by atoms with Gasteiger partial charge in [0.05, 0.1) is 5.02 Å². The minimum Gasteiger partial charge on any atom is -0.355 e. The molecular weight excluding hydrogens is 255 g/mol. The SMILES string of the molecule is ClCc1cnc(N2CC3CCCC3C2)c(Cl)c1. The number of halogens is 2. The fraction of sp³-hybridized carbons (Fsp3) is 0.615. The Morgan fingerprint density at radius 1 is 1.29 bits per heavy atom. The van der Waals surface area contributed by atoms with E-state index in [4.69, 9.17) is 23.2 Å². The number of anilines is 1. The number of hydrogen-bond donors (Lipinski definition) is 0. The Bertz CT molecular complexity index is 410. The Labute approximate surface area is 112 Å². The molecule has 2 heterocycles. The molecule has 2 unspecified atom stereocenters. The van der Waals surface area contributed by atoms with Crippen molar-refractivity contribution in [3.05, 3.63) is 22.8 Å². The van der Waals surface area contributed by atoms with Crippen LogP contribution in [0.5, 0.6) is 0 Å². The first-order valence-electron chi connectivity index (χ1n) is 6.23. The van der Waals surface area contributed by atoms with Gasteiger partial charge in [-0.15, -0.1) is 11.6 Å². The lowest BCUT2D eigenvalue weighted by Gasteiger charge is -2.19. The normalized spacial score (nSPS) is 27.5. The summed E-state index contributed by atoms with van der Waals surface area (Å²) >= 11 is 12.1. The highest BCUT2D eigenvalue weighted by molar-refractivity contribution is 6.33. The van der Waals surface area contributed by atoms with Crippen LogP contribution in [0.15, 0.2) is 12.3 Å². The van der Waals surface area contributed by atoms with E-state index >= 15 is 0 Å². The Hall–Kier alpha value is -0.470. The zero-order chi connectivity index (χ0) is 11.8. The minimum atomic E-state index is 0.470. The third-order valence-corrected chi connectivity index (χ3v) is 4.65. The van der Waals surface area contributed by atoms with Gasteiger partial charge in [-0.3, -0.25) is 0 Å². The zero-order valence-corrected chi connectivity index (χ0v) is 11.2. The average Bonchev–Trinajstić information content (AvgIpc) is 2.89. The second kappa shape index (κ2) is 4.66. The lowest BCUT2D eigenvalue weighted by molar-refractivity contribution is 0.494. The van der Waals surface area contributed by atoms with E-state index in [2.05, 4.69) is 9.88 Å². The zero-order valence-electron chi connectivity index (χ0n) is 9.70. The summed E-state index contributed by atoms with van der Waals surface area (Å²) in [6.45, 7) is 2.25. The quantitative estimate of drug-likeness (QED) is 0.762. The number of aromatic nitrogens is 1. The van der Waals surface area contributed by atoms with Gasteiger partial charge in [0.15, 0.2) is 0 Å². The molecule has 1 aliphatic heterocycles. The van der Waals surface area contributed by atoms with Gasteiger partial charge in [-0.1, -0.05) is 18.0 Å². The van der Waals surface area contributed by atoms with Crippen LogP contribution in [-0.4, -0.2) is 18.1 Å². The maximum atomic E-state index is 6.28. The number of rotatable bonds is 2. The molecule has 2 atom stereocenters. The number of alkyl halides is 1. The van der Waals surface area contributed by atoms with Crippen LogP contribution in [0.2, 0.25) is 5.02 Å². The Morgan fingerprint density at radius 2 is 2.00 bits per heavy atom. The molecule has 0 bridgehead atoms. The average molecular weight is 271 g/mol. The Balaban J connectivity index is 1.81. The van der Waals surface area contributed by atoms with Crippen LogP contribution in [0, 0.1) is 11.8 Å². The van der Waals surface area contributed by atoms with Gasteiger partial charge in [-0.2, -0.15) is 0 Å². The predicted molar refractivity (Wildman–Crippen MR) is 71.8 cm³/mol. The van der Waals surface area contributed by atoms with Crippen LogP contribution in [0.3, 0.4) is 0 Å². The van der Waals surface area contributed by atoms with Crippen molar-refractivity contribution in [2.75, 3.05) is 18.0 Å². The van der Waals surface area contributed by atoms with Crippen LogP contribution in [0.4, 0.5) is 5.82 Å². The van der Waals surface area contributed by atoms with E-state index in [0.29, 0.717) is 5.88 Å². The second-order valence-electron chi connectivity index (χ2n) is 5.14. The molecule has 92 valence electrons. The van der Waals surface area contributed by atoms with Crippen molar-refractivity contribution in [1.82, 2.24) is 4.98 Å². The van der Waals surface area contributed by atoms with Crippen molar-refractivity contribution < 1.29 is 0 Å². The third-order valence-electron chi connectivity index (χ3n) is 4.06. The summed E-state index contributed by atoms with van der Waals surface area (Å²) in [5.41, 5.74) is 0.986. The van der Waals surface area contributed by atoms with Gasteiger partial charge < -0.3 is 4.90 Å². The molecule has 3 rings (SSSR count). The number of fused-ring (bicyclic) bond motifs is 1. The molecule has 2 aliphatic rings. The van der Waals surface area contributed by atoms with E-state index in [1.165, 1.54) is 19.3 Å². The first-order valence-corrected chi connectivity index (χ1v) is 7.14. The summed E-state index contributed by atoms with van der Waals surface area (Å²) in [5, 5.41) is 0.739. The first-order chi connectivity index (χ1) is 8.28. The molecule has 1 saturated heterocycles. The molecule has 0 amide bonds. The molecule has 1 saturated carbocycles. The predicted octanol–water partition coefficient (Wildman–Crippen LogP) is 3.71. The van der Waals surface area contributed by atoms with Gasteiger partial charge in [0.25, 0.3) is 0 Å². The van der Waals surface area contributed by atoms with E-state index in [1.807, 2.05) is 12.3 Å². The van der Waals surface area contributed by atoms with Crippen LogP contribution < -0.4 is 4.90 Å². The highest BCUT2D eigenvalue weighted by Gasteiger charge is 2.37. The van der Waals surface area contributed by atoms with Crippen molar-refractivity contribution in [3.63, 3.8) is 0 Å². The molecule has 1 aromatic heterocycles. The lowest BCUT2D eigenvalue weighted by Crippen LogP contribution is -2.22. The molecule has 0 radical (unpaired) electrons. The van der Waals surface area contributed by atoms with Crippen molar-refractivity contribution in [2.45, 2.75) is 25.1 Å². The van der Waals surface area contributed by atoms with Gasteiger partial charge in [-0.05, 0) is 36.3 Å². The molecule has 2 fully saturated rings. The van der Waals surface area contributed by atoms with Crippen molar-refractivity contribution in [3.8, 4) is 0 Å². The standard InChI is InChI=1S/C13H16Cl2N2/c14-5-9-4-12(15)13(16-6-9)17-7-10-2-1-3-11(10)8-17/h4,6,10-11H,1-3,5,7-8H2. The minimum absolute atomic E-state index is 0.470. The fourth-order valence-electron chi connectivity index (χ4n) is 3.18. The topological polar surface area (TPSA) is 16.1 Å². The van der Waals surface area contributed by atoms with Gasteiger partial charge in [0, 0.05) is 25.2 Å². The van der Waals surface area contributed by atoms with Gasteiger partial charge >= 0.3 is 0 Å². The molecule has 2 nitrogen and oxygen atoms in total. The number of nitrogens with zero attached hydrogens (tertiary/aromatic N) is 2. The monoisotopic (exact) mass is 270 g/mol. The van der Waals surface area contributed by atoms with E-state index in [-0.39, 0.29) is 0 Å². The highest BCUT2D eigenvalue weighted by atomic mass is 35.5. The summed E-state index contributed by atoms with van der Waals surface area (Å²) in [5.74, 6) is 3.13. The maximum absolute atomic E-state index is 6.28. The van der Waals surface area contributed by atoms with E-state index in [9.17, 15) is 0 Å². The van der Waals surface area contributed by atoms with Crippen LogP contribution in [0.25, 0.3) is 0 Å². The van der Waals surface area contributed by atoms with E-state index in [0.717, 1.165) is 41.3 Å². The Kier molecular flexibility index (Phi) is 3.18. The molecule has 17 heavy (non-hydrogen) atoms. The number of pyridine rings is 1. The molecular formula is C13H16Cl2N2. The van der Waals surface area contributed by atoms with Gasteiger partial charge in [-0.25, -0.2) is 4.98 Å². The highest BCUT2D eigenvalue weighted by Crippen LogP contribution is 2.40. The lowest BCUT2D eigenvalue weighted by atomic mass is 10.0. The largest absolute Gasteiger partial charge is 0.355 e. The molecule has 0 N–H and O–H groups in total. The van der Waals surface area contributed by atoms with E-state index < -0.39 is 0 Å². The Morgan fingerprint density at radius 3 is 2.59 bits per heavy atom. The first kappa shape index (κ1) is 11.6. The van der Waals surface area contributed by atoms with Crippen molar-refractivity contribution >= 4 is 29.0 Å². The molecule has 0 spiro atoms. The van der Waals surface area contributed by atoms with Gasteiger partial charge in [0.1, 0.15) is 5.82 Å². The molecule has 1 aromatic rings. The summed E-state index contributed by atoms with van der Waals surface area (Å²) in [4.78, 5) is 6.81. The number of hydrogen-bond acceptors (Lipinski definition) is 2. The summed E-state index contributed by atoms with van der Waals surface area (Å²) in [7, 11) is 0. The second-order valence-corrected chi connectivity index (χ2v) is 5.81. The van der Waals surface area contributed by atoms with Crippen molar-refractivity contribution in [2.24, 2.45) is 11.8 Å². The maximum Gasteiger partial charge on any atom is 0.147 e. The van der Waals surface area contributed by atoms with Crippen LogP contribution >= 0.6 is 23.2 Å².